The molecule has 4 aromatic rings. The Balaban J connectivity index is 1.38. The number of nitrogens with one attached hydrogen (secondary N) is 1. The van der Waals surface area contributed by atoms with Crippen LogP contribution in [0.4, 0.5) is 10.5 Å². The fourth-order valence-corrected chi connectivity index (χ4v) is 5.75. The van der Waals surface area contributed by atoms with E-state index in [1.807, 2.05) is 41.3 Å². The first-order valence-electron chi connectivity index (χ1n) is 14.4. The lowest BCUT2D eigenvalue weighted by molar-refractivity contribution is 0.115. The molecule has 0 aliphatic carbocycles. The minimum atomic E-state index is -0.151. The second kappa shape index (κ2) is 12.0. The first kappa shape index (κ1) is 28.8. The van der Waals surface area contributed by atoms with Gasteiger partial charge in [0.25, 0.3) is 5.56 Å². The molecule has 0 spiro atoms. The van der Waals surface area contributed by atoms with Crippen LogP contribution in [-0.2, 0) is 0 Å². The summed E-state index contributed by atoms with van der Waals surface area (Å²) < 4.78 is 1.69. The minimum absolute atomic E-state index is 0.0748. The van der Waals surface area contributed by atoms with E-state index >= 15 is 0 Å². The molecule has 0 saturated carbocycles. The number of benzene rings is 3. The first-order chi connectivity index (χ1) is 19.7. The average molecular weight is 572 g/mol. The largest absolute Gasteiger partial charge is 0.322 e. The Kier molecular flexibility index (Phi) is 8.47. The number of hydrogen-bond acceptors (Lipinski definition) is 4. The number of anilines is 1. The molecule has 8 heteroatoms. The number of aromatic nitrogens is 2. The number of urea groups is 1. The van der Waals surface area contributed by atoms with Gasteiger partial charge in [-0.15, -0.1) is 0 Å². The van der Waals surface area contributed by atoms with Gasteiger partial charge in [-0.1, -0.05) is 69.6 Å². The second-order valence-corrected chi connectivity index (χ2v) is 11.8. The van der Waals surface area contributed by atoms with Gasteiger partial charge in [0.05, 0.1) is 22.6 Å². The van der Waals surface area contributed by atoms with Crippen molar-refractivity contribution in [2.24, 2.45) is 0 Å². The van der Waals surface area contributed by atoms with Crippen molar-refractivity contribution in [1.82, 2.24) is 19.4 Å². The smallest absolute Gasteiger partial charge is 0.321 e. The van der Waals surface area contributed by atoms with E-state index in [4.69, 9.17) is 16.6 Å². The van der Waals surface area contributed by atoms with E-state index < -0.39 is 0 Å². The first-order valence-corrected chi connectivity index (χ1v) is 14.7. The summed E-state index contributed by atoms with van der Waals surface area (Å²) in [5.41, 5.74) is 4.53. The molecule has 2 heterocycles. The van der Waals surface area contributed by atoms with Crippen LogP contribution in [0.2, 0.25) is 5.02 Å². The Morgan fingerprint density at radius 2 is 1.44 bits per heavy atom. The third-order valence-electron chi connectivity index (χ3n) is 8.01. The Hall–Kier alpha value is -3.68. The molecule has 3 aromatic carbocycles. The second-order valence-electron chi connectivity index (χ2n) is 11.4. The van der Waals surface area contributed by atoms with Crippen LogP contribution >= 0.6 is 11.6 Å². The average Bonchev–Trinajstić information content (AvgIpc) is 2.97. The highest BCUT2D eigenvalue weighted by atomic mass is 35.5. The molecular weight excluding hydrogens is 534 g/mol. The molecule has 1 atom stereocenters. The van der Waals surface area contributed by atoms with Crippen LogP contribution in [0.15, 0.2) is 71.5 Å². The van der Waals surface area contributed by atoms with Gasteiger partial charge < -0.3 is 10.2 Å². The van der Waals surface area contributed by atoms with Crippen LogP contribution in [0.5, 0.6) is 0 Å². The third kappa shape index (κ3) is 5.88. The van der Waals surface area contributed by atoms with Gasteiger partial charge in [-0.25, -0.2) is 9.78 Å². The summed E-state index contributed by atoms with van der Waals surface area (Å²) in [6.45, 7) is 13.2. The molecular formula is C33H38ClN5O2. The molecule has 2 amide bonds. The SMILES string of the molecule is CC(C)c1cccc(C(C)C)c1NC(=O)N1CCN(C(C)c2nc3ccccc3c(=O)n2-c2ccc(Cl)cc2)CC1. The fourth-order valence-electron chi connectivity index (χ4n) is 5.63. The molecule has 1 aromatic heterocycles. The molecule has 1 aliphatic heterocycles. The highest BCUT2D eigenvalue weighted by Gasteiger charge is 2.29. The molecule has 1 saturated heterocycles. The summed E-state index contributed by atoms with van der Waals surface area (Å²) in [5, 5.41) is 4.43. The molecule has 5 rings (SSSR count). The standard InChI is InChI=1S/C33H38ClN5O2/c1-21(2)26-10-8-11-27(22(3)4)30(26)36-33(41)38-19-17-37(18-20-38)23(5)31-35-29-12-7-6-9-28(29)32(40)39(31)25-15-13-24(34)14-16-25/h6-16,21-23H,17-20H2,1-5H3,(H,36,41). The maximum atomic E-state index is 13.7. The minimum Gasteiger partial charge on any atom is -0.322 e. The van der Waals surface area contributed by atoms with Crippen molar-refractivity contribution in [3.05, 3.63) is 99.1 Å². The fraction of sp³-hybridized carbons (Fsp3) is 0.364. The van der Waals surface area contributed by atoms with E-state index in [0.717, 1.165) is 22.5 Å². The zero-order valence-corrected chi connectivity index (χ0v) is 25.2. The lowest BCUT2D eigenvalue weighted by atomic mass is 9.93. The quantitative estimate of drug-likeness (QED) is 0.266. The normalized spacial score (nSPS) is 15.1. The summed E-state index contributed by atoms with van der Waals surface area (Å²) in [6.07, 6.45) is 0. The van der Waals surface area contributed by atoms with Crippen molar-refractivity contribution in [3.8, 4) is 5.69 Å². The molecule has 1 aliphatic rings. The number of halogens is 1. The van der Waals surface area contributed by atoms with Gasteiger partial charge in [-0.3, -0.25) is 14.3 Å². The number of fused-ring (bicyclic) bond motifs is 1. The molecule has 214 valence electrons. The van der Waals surface area contributed by atoms with Gasteiger partial charge in [0.1, 0.15) is 5.82 Å². The van der Waals surface area contributed by atoms with Crippen molar-refractivity contribution in [3.63, 3.8) is 0 Å². The summed E-state index contributed by atoms with van der Waals surface area (Å²) in [7, 11) is 0. The topological polar surface area (TPSA) is 70.5 Å². The number of carbonyl (C=O) groups excluding carboxylic acids is 1. The van der Waals surface area contributed by atoms with Crippen LogP contribution in [-0.4, -0.2) is 51.6 Å². The summed E-state index contributed by atoms with van der Waals surface area (Å²) >= 11 is 6.15. The number of piperazine rings is 1. The van der Waals surface area contributed by atoms with Crippen LogP contribution in [0.25, 0.3) is 16.6 Å². The van der Waals surface area contributed by atoms with Gasteiger partial charge in [0, 0.05) is 36.9 Å². The molecule has 1 fully saturated rings. The Labute approximate surface area is 246 Å². The third-order valence-corrected chi connectivity index (χ3v) is 8.27. The number of para-hydroxylation sites is 2. The number of hydrogen-bond donors (Lipinski definition) is 1. The van der Waals surface area contributed by atoms with Crippen molar-refractivity contribution in [1.29, 1.82) is 0 Å². The highest BCUT2D eigenvalue weighted by Crippen LogP contribution is 2.33. The maximum Gasteiger partial charge on any atom is 0.321 e. The maximum absolute atomic E-state index is 13.7. The zero-order valence-electron chi connectivity index (χ0n) is 24.4. The Morgan fingerprint density at radius 3 is 2.05 bits per heavy atom. The van der Waals surface area contributed by atoms with Crippen LogP contribution in [0.3, 0.4) is 0 Å². The Morgan fingerprint density at radius 1 is 0.829 bits per heavy atom. The molecule has 0 bridgehead atoms. The summed E-state index contributed by atoms with van der Waals surface area (Å²) in [5.74, 6) is 1.27. The number of amides is 2. The predicted molar refractivity (Wildman–Crippen MR) is 168 cm³/mol. The van der Waals surface area contributed by atoms with E-state index in [0.29, 0.717) is 59.8 Å². The highest BCUT2D eigenvalue weighted by molar-refractivity contribution is 6.30. The molecule has 0 radical (unpaired) electrons. The van der Waals surface area contributed by atoms with E-state index in [1.165, 1.54) is 0 Å². The van der Waals surface area contributed by atoms with Gasteiger partial charge in [-0.05, 0) is 66.3 Å². The number of carbonyl (C=O) groups is 1. The van der Waals surface area contributed by atoms with Gasteiger partial charge >= 0.3 is 6.03 Å². The van der Waals surface area contributed by atoms with Crippen LogP contribution in [0, 0.1) is 0 Å². The van der Waals surface area contributed by atoms with E-state index in [-0.39, 0.29) is 17.6 Å². The van der Waals surface area contributed by atoms with E-state index in [2.05, 4.69) is 63.0 Å². The molecule has 1 unspecified atom stereocenters. The molecule has 7 nitrogen and oxygen atoms in total. The Bertz CT molecular complexity index is 1580. The van der Waals surface area contributed by atoms with E-state index in [9.17, 15) is 9.59 Å². The van der Waals surface area contributed by atoms with Crippen LogP contribution in [0.1, 0.15) is 69.4 Å². The van der Waals surface area contributed by atoms with Crippen molar-refractivity contribution < 1.29 is 4.79 Å². The van der Waals surface area contributed by atoms with E-state index in [1.54, 1.807) is 16.7 Å². The van der Waals surface area contributed by atoms with Gasteiger partial charge in [-0.2, -0.15) is 0 Å². The lowest BCUT2D eigenvalue weighted by Crippen LogP contribution is -2.51. The summed E-state index contributed by atoms with van der Waals surface area (Å²) in [4.78, 5) is 36.3. The molecule has 1 N–H and O–H groups in total. The van der Waals surface area contributed by atoms with Gasteiger partial charge in [0.2, 0.25) is 0 Å². The van der Waals surface area contributed by atoms with Crippen molar-refractivity contribution in [2.75, 3.05) is 31.5 Å². The van der Waals surface area contributed by atoms with Crippen molar-refractivity contribution in [2.45, 2.75) is 52.5 Å². The van der Waals surface area contributed by atoms with Crippen molar-refractivity contribution >= 4 is 34.2 Å². The predicted octanol–water partition coefficient (Wildman–Crippen LogP) is 7.20. The zero-order chi connectivity index (χ0) is 29.3. The van der Waals surface area contributed by atoms with Crippen LogP contribution < -0.4 is 10.9 Å². The number of rotatable bonds is 6. The van der Waals surface area contributed by atoms with Gasteiger partial charge in [0.15, 0.2) is 0 Å². The summed E-state index contributed by atoms with van der Waals surface area (Å²) in [6, 6.07) is 20.8. The monoisotopic (exact) mass is 571 g/mol. The molecule has 41 heavy (non-hydrogen) atoms. The number of nitrogens with zero attached hydrogens (tertiary/aromatic N) is 4. The lowest BCUT2D eigenvalue weighted by Gasteiger charge is -2.38.